The summed E-state index contributed by atoms with van der Waals surface area (Å²) >= 11 is 6.60. The highest BCUT2D eigenvalue weighted by atomic mass is 35.5. The number of carbonyl (C=O) groups is 1. The summed E-state index contributed by atoms with van der Waals surface area (Å²) < 4.78 is 12.1. The first-order chi connectivity index (χ1) is 18.5. The van der Waals surface area contributed by atoms with Gasteiger partial charge in [0.25, 0.3) is 0 Å². The molecule has 9 heteroatoms. The van der Waals surface area contributed by atoms with Crippen LogP contribution in [0.1, 0.15) is 36.5 Å². The molecule has 5 rings (SSSR count). The Balaban J connectivity index is 1.19. The van der Waals surface area contributed by atoms with Crippen molar-refractivity contribution in [3.63, 3.8) is 0 Å². The van der Waals surface area contributed by atoms with Crippen molar-refractivity contribution >= 4 is 34.0 Å². The Morgan fingerprint density at radius 1 is 1.08 bits per heavy atom. The van der Waals surface area contributed by atoms with Crippen LogP contribution in [0.25, 0.3) is 22.3 Å². The number of ketones is 1. The number of aryl methyl sites for hydroxylation is 1. The maximum Gasteiger partial charge on any atom is 0.175 e. The zero-order chi connectivity index (χ0) is 26.5. The molecule has 0 saturated heterocycles. The highest BCUT2D eigenvalue weighted by Crippen LogP contribution is 2.34. The van der Waals surface area contributed by atoms with E-state index in [0.29, 0.717) is 47.5 Å². The van der Waals surface area contributed by atoms with Crippen molar-refractivity contribution in [3.8, 4) is 17.1 Å². The average Bonchev–Trinajstić information content (AvgIpc) is 3.60. The second-order valence-corrected chi connectivity index (χ2v) is 9.83. The third-order valence-electron chi connectivity index (χ3n) is 6.39. The number of rotatable bonds is 11. The van der Waals surface area contributed by atoms with E-state index in [-0.39, 0.29) is 11.8 Å². The Bertz CT molecular complexity index is 1480. The van der Waals surface area contributed by atoms with Gasteiger partial charge in [0.2, 0.25) is 0 Å². The summed E-state index contributed by atoms with van der Waals surface area (Å²) in [5.41, 5.74) is 3.21. The molecule has 1 atom stereocenters. The monoisotopic (exact) mass is 529 g/mol. The van der Waals surface area contributed by atoms with Gasteiger partial charge in [0.15, 0.2) is 11.6 Å². The number of benzene rings is 3. The van der Waals surface area contributed by atoms with Crippen molar-refractivity contribution in [2.24, 2.45) is 5.92 Å². The van der Waals surface area contributed by atoms with Gasteiger partial charge < -0.3 is 14.5 Å². The van der Waals surface area contributed by atoms with E-state index in [1.54, 1.807) is 0 Å². The van der Waals surface area contributed by atoms with Gasteiger partial charge in [0.1, 0.15) is 23.7 Å². The van der Waals surface area contributed by atoms with Gasteiger partial charge in [-0.3, -0.25) is 4.79 Å². The lowest BCUT2D eigenvalue weighted by Gasteiger charge is -2.24. The van der Waals surface area contributed by atoms with Crippen molar-refractivity contribution in [3.05, 3.63) is 89.2 Å². The molecule has 0 spiro atoms. The van der Waals surface area contributed by atoms with Crippen LogP contribution >= 0.6 is 11.6 Å². The SMILES string of the molecule is CC(C)[C@@H](COc1ccc(-c2cc3ccccc3o2)c(Cl)c1)Nc1ccc(C(=O)CCc2nn[nH]n2)cc1. The van der Waals surface area contributed by atoms with Crippen LogP contribution in [0.2, 0.25) is 5.02 Å². The van der Waals surface area contributed by atoms with Crippen molar-refractivity contribution in [2.45, 2.75) is 32.7 Å². The summed E-state index contributed by atoms with van der Waals surface area (Å²) in [7, 11) is 0. The van der Waals surface area contributed by atoms with Crippen LogP contribution in [-0.4, -0.2) is 39.1 Å². The first kappa shape index (κ1) is 25.5. The van der Waals surface area contributed by atoms with E-state index < -0.39 is 0 Å². The highest BCUT2D eigenvalue weighted by molar-refractivity contribution is 6.33. The topological polar surface area (TPSA) is 106 Å². The molecule has 194 valence electrons. The van der Waals surface area contributed by atoms with E-state index in [2.05, 4.69) is 39.8 Å². The Hall–Kier alpha value is -4.17. The smallest absolute Gasteiger partial charge is 0.175 e. The number of halogens is 1. The number of tetrazole rings is 1. The zero-order valence-corrected chi connectivity index (χ0v) is 21.9. The number of ether oxygens (including phenoxy) is 1. The predicted molar refractivity (Wildman–Crippen MR) is 148 cm³/mol. The van der Waals surface area contributed by atoms with E-state index in [1.165, 1.54) is 0 Å². The van der Waals surface area contributed by atoms with Gasteiger partial charge in [-0.2, -0.15) is 5.21 Å². The molecule has 2 N–H and O–H groups in total. The molecule has 0 aliphatic carbocycles. The van der Waals surface area contributed by atoms with Gasteiger partial charge >= 0.3 is 0 Å². The summed E-state index contributed by atoms with van der Waals surface area (Å²) in [6.45, 7) is 4.71. The van der Waals surface area contributed by atoms with E-state index >= 15 is 0 Å². The lowest BCUT2D eigenvalue weighted by molar-refractivity contribution is 0.0982. The second kappa shape index (κ2) is 11.5. The molecule has 38 heavy (non-hydrogen) atoms. The first-order valence-electron chi connectivity index (χ1n) is 12.5. The van der Waals surface area contributed by atoms with Crippen molar-refractivity contribution in [1.29, 1.82) is 0 Å². The third-order valence-corrected chi connectivity index (χ3v) is 6.70. The minimum atomic E-state index is 0.0352. The van der Waals surface area contributed by atoms with Crippen LogP contribution in [0.3, 0.4) is 0 Å². The normalized spacial score (nSPS) is 12.1. The third kappa shape index (κ3) is 6.03. The molecule has 2 aromatic heterocycles. The summed E-state index contributed by atoms with van der Waals surface area (Å²) in [5, 5.41) is 18.8. The van der Waals surface area contributed by atoms with Crippen LogP contribution < -0.4 is 10.1 Å². The lowest BCUT2D eigenvalue weighted by atomic mass is 10.0. The molecule has 0 unspecified atom stereocenters. The van der Waals surface area contributed by atoms with E-state index in [4.69, 9.17) is 20.8 Å². The maximum atomic E-state index is 12.5. The van der Waals surface area contributed by atoms with Crippen molar-refractivity contribution in [1.82, 2.24) is 20.6 Å². The molecule has 0 bridgehead atoms. The molecule has 2 heterocycles. The Morgan fingerprint density at radius 2 is 1.89 bits per heavy atom. The van der Waals surface area contributed by atoms with Crippen molar-refractivity contribution in [2.75, 3.05) is 11.9 Å². The van der Waals surface area contributed by atoms with Gasteiger partial charge in [-0.1, -0.05) is 48.9 Å². The maximum absolute atomic E-state index is 12.5. The zero-order valence-electron chi connectivity index (χ0n) is 21.1. The molecule has 3 aromatic carbocycles. The number of H-pyrrole nitrogens is 1. The predicted octanol–water partition coefficient (Wildman–Crippen LogP) is 6.60. The molecule has 0 amide bonds. The van der Waals surface area contributed by atoms with Gasteiger partial charge in [-0.15, -0.1) is 10.2 Å². The molecule has 0 radical (unpaired) electrons. The van der Waals surface area contributed by atoms with E-state index in [1.807, 2.05) is 72.8 Å². The van der Waals surface area contributed by atoms with Crippen LogP contribution in [0.15, 0.2) is 77.2 Å². The quantitative estimate of drug-likeness (QED) is 0.186. The lowest BCUT2D eigenvalue weighted by Crippen LogP contribution is -2.32. The number of hydrogen-bond acceptors (Lipinski definition) is 7. The van der Waals surface area contributed by atoms with Crippen LogP contribution in [-0.2, 0) is 6.42 Å². The number of aromatic amines is 1. The Morgan fingerprint density at radius 3 is 2.61 bits per heavy atom. The minimum absolute atomic E-state index is 0.0352. The first-order valence-corrected chi connectivity index (χ1v) is 12.9. The molecule has 0 saturated carbocycles. The minimum Gasteiger partial charge on any atom is -0.491 e. The number of furan rings is 1. The molecule has 0 aliphatic heterocycles. The summed E-state index contributed by atoms with van der Waals surface area (Å²) in [6.07, 6.45) is 0.776. The fourth-order valence-corrected chi connectivity index (χ4v) is 4.38. The molecular formula is C29H28ClN5O3. The van der Waals surface area contributed by atoms with Gasteiger partial charge in [0, 0.05) is 35.0 Å². The fraction of sp³-hybridized carbons (Fsp3) is 0.241. The number of fused-ring (bicyclic) bond motifs is 1. The molecule has 8 nitrogen and oxygen atoms in total. The number of anilines is 1. The number of carbonyl (C=O) groups excluding carboxylic acids is 1. The van der Waals surface area contributed by atoms with Gasteiger partial charge in [0.05, 0.1) is 11.1 Å². The van der Waals surface area contributed by atoms with Gasteiger partial charge in [-0.25, -0.2) is 0 Å². The fourth-order valence-electron chi connectivity index (χ4n) is 4.11. The molecule has 0 aliphatic rings. The number of nitrogens with one attached hydrogen (secondary N) is 2. The van der Waals surface area contributed by atoms with Crippen LogP contribution in [0, 0.1) is 5.92 Å². The number of aromatic nitrogens is 4. The van der Waals surface area contributed by atoms with E-state index in [9.17, 15) is 4.79 Å². The molecule has 5 aromatic rings. The highest BCUT2D eigenvalue weighted by Gasteiger charge is 2.16. The summed E-state index contributed by atoms with van der Waals surface area (Å²) in [4.78, 5) is 12.5. The van der Waals surface area contributed by atoms with Gasteiger partial charge in [-0.05, 0) is 60.5 Å². The van der Waals surface area contributed by atoms with Crippen LogP contribution in [0.4, 0.5) is 5.69 Å². The molecular weight excluding hydrogens is 502 g/mol. The molecule has 0 fully saturated rings. The van der Waals surface area contributed by atoms with Crippen molar-refractivity contribution < 1.29 is 13.9 Å². The number of para-hydroxylation sites is 1. The Kier molecular flexibility index (Phi) is 7.70. The number of Topliss-reactive ketones (excluding diaryl/α,β-unsaturated/α-hetero) is 1. The standard InChI is InChI=1S/C29H28ClN5O3/c1-18(2)25(31-21-9-7-19(8-10-21)26(36)13-14-29-32-34-35-33-29)17-37-22-11-12-23(24(30)16-22)28-15-20-5-3-4-6-27(20)38-28/h3-12,15-16,18,25,31H,13-14,17H2,1-2H3,(H,32,33,34,35)/t25-/m1/s1. The summed E-state index contributed by atoms with van der Waals surface area (Å²) in [5.74, 6) is 2.28. The second-order valence-electron chi connectivity index (χ2n) is 9.42. The Labute approximate surface area is 225 Å². The number of hydrogen-bond donors (Lipinski definition) is 2. The van der Waals surface area contributed by atoms with Crippen LogP contribution in [0.5, 0.6) is 5.75 Å². The number of nitrogens with zero attached hydrogens (tertiary/aromatic N) is 3. The summed E-state index contributed by atoms with van der Waals surface area (Å²) in [6, 6.07) is 23.0. The van der Waals surface area contributed by atoms with E-state index in [0.717, 1.165) is 28.0 Å². The average molecular weight is 530 g/mol. The largest absolute Gasteiger partial charge is 0.491 e.